The molecule has 3 aromatic rings. The number of nitrogen functional groups attached to an aromatic ring is 1. The minimum atomic E-state index is -4.62. The van der Waals surface area contributed by atoms with E-state index in [-0.39, 0.29) is 11.5 Å². The van der Waals surface area contributed by atoms with Crippen molar-refractivity contribution in [2.24, 2.45) is 0 Å². The standard InChI is InChI=1S/C12H9F3N6/c13-12(14,15)11-19-18-10-5-4-9(20-21(10)11)17-8-3-1-2-7(16)6-8/h1-6H,16H2,(H,17,20). The monoisotopic (exact) mass is 294 g/mol. The van der Waals surface area contributed by atoms with E-state index < -0.39 is 12.0 Å². The van der Waals surface area contributed by atoms with Gasteiger partial charge in [0.25, 0.3) is 5.82 Å². The molecule has 108 valence electrons. The summed E-state index contributed by atoms with van der Waals surface area (Å²) in [4.78, 5) is 0. The highest BCUT2D eigenvalue weighted by Crippen LogP contribution is 2.27. The van der Waals surface area contributed by atoms with E-state index in [1.54, 1.807) is 24.3 Å². The van der Waals surface area contributed by atoms with E-state index in [1.807, 2.05) is 0 Å². The minimum absolute atomic E-state index is 0.0143. The molecule has 0 atom stereocenters. The van der Waals surface area contributed by atoms with Crippen LogP contribution in [0.4, 0.5) is 30.4 Å². The summed E-state index contributed by atoms with van der Waals surface area (Å²) < 4.78 is 38.9. The van der Waals surface area contributed by atoms with Crippen molar-refractivity contribution in [2.45, 2.75) is 6.18 Å². The summed E-state index contributed by atoms with van der Waals surface area (Å²) in [6.07, 6.45) is -4.62. The number of fused-ring (bicyclic) bond motifs is 1. The van der Waals surface area contributed by atoms with Crippen LogP contribution in [0.2, 0.25) is 0 Å². The molecule has 0 amide bonds. The number of anilines is 3. The van der Waals surface area contributed by atoms with Gasteiger partial charge in [0.2, 0.25) is 0 Å². The van der Waals surface area contributed by atoms with Gasteiger partial charge in [0, 0.05) is 11.4 Å². The Balaban J connectivity index is 2.00. The van der Waals surface area contributed by atoms with Crippen molar-refractivity contribution in [3.05, 3.63) is 42.2 Å². The van der Waals surface area contributed by atoms with Gasteiger partial charge in [0.1, 0.15) is 0 Å². The van der Waals surface area contributed by atoms with E-state index in [9.17, 15) is 13.2 Å². The lowest BCUT2D eigenvalue weighted by Gasteiger charge is -2.07. The molecule has 0 fully saturated rings. The molecule has 3 rings (SSSR count). The van der Waals surface area contributed by atoms with Crippen LogP contribution in [0.1, 0.15) is 5.82 Å². The number of halogens is 3. The molecule has 0 saturated heterocycles. The fraction of sp³-hybridized carbons (Fsp3) is 0.0833. The zero-order chi connectivity index (χ0) is 15.0. The van der Waals surface area contributed by atoms with Crippen molar-refractivity contribution in [2.75, 3.05) is 11.1 Å². The van der Waals surface area contributed by atoms with Gasteiger partial charge in [-0.25, -0.2) is 0 Å². The van der Waals surface area contributed by atoms with Crippen LogP contribution in [0, 0.1) is 0 Å². The average molecular weight is 294 g/mol. The van der Waals surface area contributed by atoms with Crippen LogP contribution in [0.3, 0.4) is 0 Å². The van der Waals surface area contributed by atoms with Crippen LogP contribution in [-0.2, 0) is 6.18 Å². The zero-order valence-corrected chi connectivity index (χ0v) is 10.5. The van der Waals surface area contributed by atoms with Crippen molar-refractivity contribution in [1.82, 2.24) is 19.8 Å². The Morgan fingerprint density at radius 1 is 1.10 bits per heavy atom. The predicted molar refractivity (Wildman–Crippen MR) is 69.9 cm³/mol. The Morgan fingerprint density at radius 2 is 1.90 bits per heavy atom. The molecule has 2 aromatic heterocycles. The Kier molecular flexibility index (Phi) is 2.89. The van der Waals surface area contributed by atoms with Crippen LogP contribution in [0.25, 0.3) is 5.65 Å². The molecule has 0 unspecified atom stereocenters. The average Bonchev–Trinajstić information content (AvgIpc) is 2.81. The van der Waals surface area contributed by atoms with Gasteiger partial charge in [0.15, 0.2) is 11.5 Å². The SMILES string of the molecule is Nc1cccc(Nc2ccc3nnc(C(F)(F)F)n3n2)c1. The lowest BCUT2D eigenvalue weighted by molar-refractivity contribution is -0.146. The van der Waals surface area contributed by atoms with Gasteiger partial charge in [-0.2, -0.15) is 17.7 Å². The maximum absolute atomic E-state index is 12.8. The first-order chi connectivity index (χ1) is 9.93. The molecule has 0 spiro atoms. The maximum Gasteiger partial charge on any atom is 0.453 e. The number of hydrogen-bond acceptors (Lipinski definition) is 5. The van der Waals surface area contributed by atoms with Crippen molar-refractivity contribution in [1.29, 1.82) is 0 Å². The second-order valence-corrected chi connectivity index (χ2v) is 4.26. The summed E-state index contributed by atoms with van der Waals surface area (Å²) in [5.74, 6) is -0.952. The fourth-order valence-electron chi connectivity index (χ4n) is 1.80. The molecule has 0 saturated carbocycles. The third-order valence-corrected chi connectivity index (χ3v) is 2.68. The number of alkyl halides is 3. The lowest BCUT2D eigenvalue weighted by atomic mass is 10.3. The molecule has 0 aliphatic rings. The van der Waals surface area contributed by atoms with Crippen LogP contribution < -0.4 is 11.1 Å². The number of nitrogens with zero attached hydrogens (tertiary/aromatic N) is 4. The molecular weight excluding hydrogens is 285 g/mol. The third-order valence-electron chi connectivity index (χ3n) is 2.68. The maximum atomic E-state index is 12.8. The molecule has 2 heterocycles. The Labute approximate surface area is 116 Å². The molecule has 0 aliphatic heterocycles. The summed E-state index contributed by atoms with van der Waals surface area (Å²) >= 11 is 0. The van der Waals surface area contributed by atoms with E-state index >= 15 is 0 Å². The highest BCUT2D eigenvalue weighted by Gasteiger charge is 2.37. The Bertz CT molecular complexity index is 795. The summed E-state index contributed by atoms with van der Waals surface area (Å²) in [5, 5.41) is 13.3. The van der Waals surface area contributed by atoms with Crippen LogP contribution in [-0.4, -0.2) is 19.8 Å². The van der Waals surface area contributed by atoms with Gasteiger partial charge in [-0.3, -0.25) is 0 Å². The minimum Gasteiger partial charge on any atom is -0.399 e. The van der Waals surface area contributed by atoms with E-state index in [4.69, 9.17) is 5.73 Å². The molecule has 9 heteroatoms. The second-order valence-electron chi connectivity index (χ2n) is 4.26. The number of nitrogens with two attached hydrogens (primary N) is 1. The molecule has 21 heavy (non-hydrogen) atoms. The first kappa shape index (κ1) is 13.2. The van der Waals surface area contributed by atoms with Gasteiger partial charge >= 0.3 is 6.18 Å². The van der Waals surface area contributed by atoms with E-state index in [1.165, 1.54) is 12.1 Å². The third kappa shape index (κ3) is 2.57. The van der Waals surface area contributed by atoms with Gasteiger partial charge < -0.3 is 11.1 Å². The summed E-state index contributed by atoms with van der Waals surface area (Å²) in [6.45, 7) is 0. The van der Waals surface area contributed by atoms with Crippen molar-refractivity contribution >= 4 is 22.8 Å². The second kappa shape index (κ2) is 4.62. The fourth-order valence-corrected chi connectivity index (χ4v) is 1.80. The summed E-state index contributed by atoms with van der Waals surface area (Å²) in [5.41, 5.74) is 6.79. The van der Waals surface area contributed by atoms with Gasteiger partial charge in [-0.1, -0.05) is 6.07 Å². The molecule has 6 nitrogen and oxygen atoms in total. The first-order valence-electron chi connectivity index (χ1n) is 5.86. The quantitative estimate of drug-likeness (QED) is 0.710. The Hall–Kier alpha value is -2.84. The van der Waals surface area contributed by atoms with E-state index in [0.717, 1.165) is 0 Å². The predicted octanol–water partition coefficient (Wildman–Crippen LogP) is 2.47. The largest absolute Gasteiger partial charge is 0.453 e. The van der Waals surface area contributed by atoms with Crippen molar-refractivity contribution in [3.8, 4) is 0 Å². The summed E-state index contributed by atoms with van der Waals surface area (Å²) in [7, 11) is 0. The van der Waals surface area contributed by atoms with Crippen LogP contribution in [0.5, 0.6) is 0 Å². The van der Waals surface area contributed by atoms with Gasteiger partial charge in [0.05, 0.1) is 0 Å². The molecule has 0 aliphatic carbocycles. The van der Waals surface area contributed by atoms with Crippen molar-refractivity contribution < 1.29 is 13.2 Å². The van der Waals surface area contributed by atoms with Crippen LogP contribution in [0.15, 0.2) is 36.4 Å². The number of benzene rings is 1. The number of hydrogen-bond donors (Lipinski definition) is 2. The zero-order valence-electron chi connectivity index (χ0n) is 10.5. The highest BCUT2D eigenvalue weighted by molar-refractivity contribution is 5.61. The van der Waals surface area contributed by atoms with Crippen molar-refractivity contribution in [3.63, 3.8) is 0 Å². The first-order valence-corrected chi connectivity index (χ1v) is 5.86. The highest BCUT2D eigenvalue weighted by atomic mass is 19.4. The lowest BCUT2D eigenvalue weighted by Crippen LogP contribution is -2.13. The Morgan fingerprint density at radius 3 is 2.62 bits per heavy atom. The van der Waals surface area contributed by atoms with E-state index in [2.05, 4.69) is 20.6 Å². The molecule has 0 bridgehead atoms. The summed E-state index contributed by atoms with van der Waals surface area (Å²) in [6, 6.07) is 9.68. The normalized spacial score (nSPS) is 11.8. The molecular formula is C12H9F3N6. The molecule has 1 aromatic carbocycles. The van der Waals surface area contributed by atoms with Gasteiger partial charge in [-0.05, 0) is 30.3 Å². The van der Waals surface area contributed by atoms with Crippen LogP contribution >= 0.6 is 0 Å². The number of rotatable bonds is 2. The molecule has 3 N–H and O–H groups in total. The smallest absolute Gasteiger partial charge is 0.399 e. The number of aromatic nitrogens is 4. The van der Waals surface area contributed by atoms with E-state index in [0.29, 0.717) is 15.9 Å². The molecule has 0 radical (unpaired) electrons. The number of nitrogens with one attached hydrogen (secondary N) is 1. The topological polar surface area (TPSA) is 81.1 Å². The van der Waals surface area contributed by atoms with Gasteiger partial charge in [-0.15, -0.1) is 15.3 Å².